The first-order valence-electron chi connectivity index (χ1n) is 4.08. The van der Waals surface area contributed by atoms with Crippen molar-refractivity contribution in [3.63, 3.8) is 0 Å². The number of rotatable bonds is 0. The van der Waals surface area contributed by atoms with Crippen LogP contribution < -0.4 is 0 Å². The van der Waals surface area contributed by atoms with Gasteiger partial charge in [0, 0.05) is 5.92 Å². The van der Waals surface area contributed by atoms with E-state index in [1.807, 2.05) is 0 Å². The molecule has 1 unspecified atom stereocenters. The van der Waals surface area contributed by atoms with Crippen LogP contribution in [0.1, 0.15) is 13.3 Å². The van der Waals surface area contributed by atoms with E-state index in [0.29, 0.717) is 5.92 Å². The highest BCUT2D eigenvalue weighted by molar-refractivity contribution is 5.39. The maximum Gasteiger partial charge on any atom is 0.00582 e. The Morgan fingerprint density at radius 2 is 2.18 bits per heavy atom. The first-order valence-corrected chi connectivity index (χ1v) is 4.08. The van der Waals surface area contributed by atoms with Crippen molar-refractivity contribution in [1.82, 2.24) is 0 Å². The van der Waals surface area contributed by atoms with E-state index in [2.05, 4.69) is 43.4 Å². The van der Waals surface area contributed by atoms with Gasteiger partial charge in [-0.3, -0.25) is 0 Å². The van der Waals surface area contributed by atoms with Crippen LogP contribution >= 0.6 is 0 Å². The first-order chi connectivity index (χ1) is 5.36. The Kier molecular flexibility index (Phi) is 1.54. The molecule has 0 aromatic heterocycles. The third kappa shape index (κ3) is 1.21. The molecule has 0 nitrogen and oxygen atoms in total. The van der Waals surface area contributed by atoms with Crippen molar-refractivity contribution in [1.29, 1.82) is 0 Å². The molecule has 0 aromatic rings. The molecule has 0 aromatic carbocycles. The van der Waals surface area contributed by atoms with Gasteiger partial charge in [-0.2, -0.15) is 0 Å². The fourth-order valence-corrected chi connectivity index (χ4v) is 1.62. The molecule has 1 atom stereocenters. The van der Waals surface area contributed by atoms with Crippen LogP contribution in [-0.4, -0.2) is 0 Å². The van der Waals surface area contributed by atoms with E-state index in [9.17, 15) is 0 Å². The molecule has 0 bridgehead atoms. The van der Waals surface area contributed by atoms with Gasteiger partial charge in [-0.15, -0.1) is 0 Å². The minimum atomic E-state index is 0.657. The molecule has 0 amide bonds. The van der Waals surface area contributed by atoms with Crippen LogP contribution in [-0.2, 0) is 0 Å². The first kappa shape index (κ1) is 6.66. The summed E-state index contributed by atoms with van der Waals surface area (Å²) in [6.45, 7) is 2.19. The minimum absolute atomic E-state index is 0.657. The lowest BCUT2D eigenvalue weighted by atomic mass is 9.85. The molecule has 2 aliphatic rings. The summed E-state index contributed by atoms with van der Waals surface area (Å²) >= 11 is 0. The zero-order chi connectivity index (χ0) is 7.68. The largest absolute Gasteiger partial charge is 0.0767 e. The molecule has 56 valence electrons. The highest BCUT2D eigenvalue weighted by Gasteiger charge is 2.13. The lowest BCUT2D eigenvalue weighted by Gasteiger charge is -2.20. The second kappa shape index (κ2) is 2.54. The molecule has 0 N–H and O–H groups in total. The van der Waals surface area contributed by atoms with E-state index in [-0.39, 0.29) is 0 Å². The lowest BCUT2D eigenvalue weighted by Crippen LogP contribution is -2.05. The average Bonchev–Trinajstić information content (AvgIpc) is 2.04. The molecule has 0 saturated heterocycles. The van der Waals surface area contributed by atoms with Crippen molar-refractivity contribution >= 4 is 0 Å². The average molecular weight is 144 g/mol. The number of hydrogen-bond donors (Lipinski definition) is 0. The van der Waals surface area contributed by atoms with E-state index in [4.69, 9.17) is 0 Å². The van der Waals surface area contributed by atoms with Gasteiger partial charge in [-0.25, -0.2) is 0 Å². The van der Waals surface area contributed by atoms with Gasteiger partial charge in [0.25, 0.3) is 0 Å². The van der Waals surface area contributed by atoms with Crippen molar-refractivity contribution in [2.75, 3.05) is 0 Å². The summed E-state index contributed by atoms with van der Waals surface area (Å²) in [5.41, 5.74) is 2.94. The van der Waals surface area contributed by atoms with Gasteiger partial charge in [0.1, 0.15) is 0 Å². The highest BCUT2D eigenvalue weighted by atomic mass is 14.2. The van der Waals surface area contributed by atoms with E-state index >= 15 is 0 Å². The zero-order valence-electron chi connectivity index (χ0n) is 6.75. The Bertz CT molecular complexity index is 274. The molecule has 0 heteroatoms. The van der Waals surface area contributed by atoms with Gasteiger partial charge in [-0.1, -0.05) is 42.0 Å². The fraction of sp³-hybridized carbons (Fsp3) is 0.273. The molecular weight excluding hydrogens is 132 g/mol. The van der Waals surface area contributed by atoms with Gasteiger partial charge in [0.05, 0.1) is 0 Å². The van der Waals surface area contributed by atoms with Crippen LogP contribution in [0.3, 0.4) is 0 Å². The van der Waals surface area contributed by atoms with E-state index in [1.54, 1.807) is 0 Å². The van der Waals surface area contributed by atoms with Gasteiger partial charge in [-0.05, 0) is 18.9 Å². The summed E-state index contributed by atoms with van der Waals surface area (Å²) in [7, 11) is 0. The predicted octanol–water partition coefficient (Wildman–Crippen LogP) is 3.01. The quantitative estimate of drug-likeness (QED) is 0.490. The van der Waals surface area contributed by atoms with E-state index in [0.717, 1.165) is 0 Å². The van der Waals surface area contributed by atoms with Crippen molar-refractivity contribution in [3.8, 4) is 0 Å². The Morgan fingerprint density at radius 1 is 1.27 bits per heavy atom. The summed E-state index contributed by atoms with van der Waals surface area (Å²) in [5.74, 6) is 0.657. The van der Waals surface area contributed by atoms with Crippen LogP contribution in [0.25, 0.3) is 0 Å². The zero-order valence-corrected chi connectivity index (χ0v) is 6.75. The minimum Gasteiger partial charge on any atom is -0.0767 e. The second-order valence-corrected chi connectivity index (χ2v) is 3.23. The summed E-state index contributed by atoms with van der Waals surface area (Å²) in [4.78, 5) is 0. The molecule has 11 heavy (non-hydrogen) atoms. The van der Waals surface area contributed by atoms with Crippen LogP contribution in [0.5, 0.6) is 0 Å². The van der Waals surface area contributed by atoms with E-state index in [1.165, 1.54) is 17.6 Å². The SMILES string of the molecule is CC1=CC=C2C=CC=CC2C1. The third-order valence-corrected chi connectivity index (χ3v) is 2.27. The van der Waals surface area contributed by atoms with Crippen LogP contribution in [0, 0.1) is 5.92 Å². The van der Waals surface area contributed by atoms with Crippen LogP contribution in [0.15, 0.2) is 47.6 Å². The van der Waals surface area contributed by atoms with Crippen molar-refractivity contribution in [3.05, 3.63) is 47.6 Å². The Balaban J connectivity index is 2.33. The van der Waals surface area contributed by atoms with Gasteiger partial charge in [0.15, 0.2) is 0 Å². The Hall–Kier alpha value is -1.04. The maximum atomic E-state index is 2.28. The standard InChI is InChI=1S/C11H12/c1-9-6-7-10-4-2-3-5-11(10)8-9/h2-7,11H,8H2,1H3. The molecule has 0 spiro atoms. The number of fused-ring (bicyclic) bond motifs is 1. The van der Waals surface area contributed by atoms with Gasteiger partial charge in [0.2, 0.25) is 0 Å². The number of allylic oxidation sites excluding steroid dienone is 8. The fourth-order valence-electron chi connectivity index (χ4n) is 1.62. The topological polar surface area (TPSA) is 0 Å². The molecular formula is C11H12. The molecule has 0 fully saturated rings. The maximum absolute atomic E-state index is 2.28. The van der Waals surface area contributed by atoms with Crippen molar-refractivity contribution < 1.29 is 0 Å². The molecule has 0 aliphatic heterocycles. The summed E-state index contributed by atoms with van der Waals surface area (Å²) in [6.07, 6.45) is 14.4. The van der Waals surface area contributed by atoms with Crippen LogP contribution in [0.4, 0.5) is 0 Å². The summed E-state index contributed by atoms with van der Waals surface area (Å²) < 4.78 is 0. The summed E-state index contributed by atoms with van der Waals surface area (Å²) in [6, 6.07) is 0. The van der Waals surface area contributed by atoms with Gasteiger partial charge >= 0.3 is 0 Å². The smallest absolute Gasteiger partial charge is 0.00582 e. The van der Waals surface area contributed by atoms with Crippen LogP contribution in [0.2, 0.25) is 0 Å². The normalized spacial score (nSPS) is 27.5. The van der Waals surface area contributed by atoms with Gasteiger partial charge < -0.3 is 0 Å². The monoisotopic (exact) mass is 144 g/mol. The highest BCUT2D eigenvalue weighted by Crippen LogP contribution is 2.28. The molecule has 0 heterocycles. The predicted molar refractivity (Wildman–Crippen MR) is 48.2 cm³/mol. The lowest BCUT2D eigenvalue weighted by molar-refractivity contribution is 0.746. The molecule has 0 saturated carbocycles. The third-order valence-electron chi connectivity index (χ3n) is 2.27. The van der Waals surface area contributed by atoms with Crippen molar-refractivity contribution in [2.45, 2.75) is 13.3 Å². The van der Waals surface area contributed by atoms with Crippen molar-refractivity contribution in [2.24, 2.45) is 5.92 Å². The second-order valence-electron chi connectivity index (χ2n) is 3.23. The molecule has 0 radical (unpaired) electrons. The molecule has 2 aliphatic carbocycles. The number of hydrogen-bond acceptors (Lipinski definition) is 0. The Morgan fingerprint density at radius 3 is 3.09 bits per heavy atom. The Labute approximate surface area is 67.6 Å². The van der Waals surface area contributed by atoms with E-state index < -0.39 is 0 Å². The summed E-state index contributed by atoms with van der Waals surface area (Å²) in [5, 5.41) is 0. The molecule has 2 rings (SSSR count).